The number of ether oxygens (including phenoxy) is 1. The number of halogens is 1. The monoisotopic (exact) mass is 326 g/mol. The van der Waals surface area contributed by atoms with Crippen molar-refractivity contribution < 1.29 is 17.9 Å². The Hall–Kier alpha value is -0.700. The van der Waals surface area contributed by atoms with Crippen LogP contribution in [0, 0.1) is 12.8 Å². The largest absolute Gasteiger partial charge is 0.468 e. The lowest BCUT2D eigenvalue weighted by molar-refractivity contribution is -0.143. The molecular formula is C10H15ClN2O4S2. The van der Waals surface area contributed by atoms with E-state index in [4.69, 9.17) is 11.6 Å². The fourth-order valence-corrected chi connectivity index (χ4v) is 4.49. The summed E-state index contributed by atoms with van der Waals surface area (Å²) in [4.78, 5) is 15.4. The van der Waals surface area contributed by atoms with Crippen LogP contribution in [0.2, 0.25) is 4.47 Å². The lowest BCUT2D eigenvalue weighted by Gasteiger charge is -2.19. The fourth-order valence-electron chi connectivity index (χ4n) is 1.40. The summed E-state index contributed by atoms with van der Waals surface area (Å²) < 4.78 is 31.4. The van der Waals surface area contributed by atoms with Gasteiger partial charge in [0.25, 0.3) is 10.0 Å². The number of carbonyl (C=O) groups is 1. The van der Waals surface area contributed by atoms with Gasteiger partial charge in [0.05, 0.1) is 12.8 Å². The first-order chi connectivity index (χ1) is 8.69. The van der Waals surface area contributed by atoms with E-state index in [1.807, 2.05) is 0 Å². The number of methoxy groups -OCH3 is 1. The van der Waals surface area contributed by atoms with Crippen molar-refractivity contribution in [2.24, 2.45) is 5.92 Å². The van der Waals surface area contributed by atoms with Gasteiger partial charge in [0.15, 0.2) is 8.68 Å². The second-order valence-electron chi connectivity index (χ2n) is 4.21. The third kappa shape index (κ3) is 3.88. The first-order valence-electron chi connectivity index (χ1n) is 5.42. The van der Waals surface area contributed by atoms with E-state index in [1.54, 1.807) is 20.8 Å². The fraction of sp³-hybridized carbons (Fsp3) is 0.600. The van der Waals surface area contributed by atoms with Gasteiger partial charge < -0.3 is 4.74 Å². The number of hydrogen-bond donors (Lipinski definition) is 1. The molecule has 1 heterocycles. The van der Waals surface area contributed by atoms with E-state index in [9.17, 15) is 13.2 Å². The quantitative estimate of drug-likeness (QED) is 0.830. The molecule has 1 aromatic heterocycles. The minimum Gasteiger partial charge on any atom is -0.468 e. The lowest BCUT2D eigenvalue weighted by Crippen LogP contribution is -2.44. The molecule has 0 spiro atoms. The van der Waals surface area contributed by atoms with Crippen molar-refractivity contribution in [2.75, 3.05) is 7.11 Å². The molecule has 0 aromatic carbocycles. The molecule has 0 amide bonds. The SMILES string of the molecule is COC(=O)C(NS(=O)(=O)c1sc(Cl)nc1C)C(C)C. The number of nitrogens with zero attached hydrogens (tertiary/aromatic N) is 1. The molecule has 108 valence electrons. The highest BCUT2D eigenvalue weighted by Crippen LogP contribution is 2.27. The van der Waals surface area contributed by atoms with Crippen LogP contribution in [0.15, 0.2) is 4.21 Å². The van der Waals surface area contributed by atoms with Crippen LogP contribution in [0.25, 0.3) is 0 Å². The molecule has 6 nitrogen and oxygen atoms in total. The molecule has 0 radical (unpaired) electrons. The predicted molar refractivity (Wildman–Crippen MR) is 72.8 cm³/mol. The third-order valence-corrected chi connectivity index (χ3v) is 5.69. The predicted octanol–water partition coefficient (Wildman–Crippen LogP) is 1.58. The minimum absolute atomic E-state index is 0.00653. The number of aromatic nitrogens is 1. The Labute approximate surface area is 121 Å². The van der Waals surface area contributed by atoms with E-state index >= 15 is 0 Å². The zero-order chi connectivity index (χ0) is 14.8. The standard InChI is InChI=1S/C10H15ClN2O4S2/c1-5(2)7(8(14)17-4)13-19(15,16)9-6(3)12-10(11)18-9/h5,7,13H,1-4H3. The average Bonchev–Trinajstić information content (AvgIpc) is 2.65. The number of esters is 1. The van der Waals surface area contributed by atoms with Crippen LogP contribution in [0.5, 0.6) is 0 Å². The number of aryl methyl sites for hydroxylation is 1. The average molecular weight is 327 g/mol. The second-order valence-corrected chi connectivity index (χ2v) is 7.70. The smallest absolute Gasteiger partial charge is 0.324 e. The molecule has 0 aliphatic carbocycles. The summed E-state index contributed by atoms with van der Waals surface area (Å²) in [5.41, 5.74) is 0.301. The third-order valence-electron chi connectivity index (χ3n) is 2.38. The Morgan fingerprint density at radius 3 is 2.42 bits per heavy atom. The maximum Gasteiger partial charge on any atom is 0.324 e. The zero-order valence-electron chi connectivity index (χ0n) is 10.9. The first-order valence-corrected chi connectivity index (χ1v) is 8.10. The van der Waals surface area contributed by atoms with E-state index < -0.39 is 22.0 Å². The van der Waals surface area contributed by atoms with Gasteiger partial charge in [-0.05, 0) is 12.8 Å². The van der Waals surface area contributed by atoms with Gasteiger partial charge in [0.1, 0.15) is 6.04 Å². The minimum atomic E-state index is -3.85. The van der Waals surface area contributed by atoms with Gasteiger partial charge in [-0.25, -0.2) is 13.4 Å². The van der Waals surface area contributed by atoms with Crippen LogP contribution in [-0.4, -0.2) is 32.5 Å². The van der Waals surface area contributed by atoms with Gasteiger partial charge in [0, 0.05) is 0 Å². The Bertz CT molecular complexity index is 568. The van der Waals surface area contributed by atoms with Crippen molar-refractivity contribution in [1.29, 1.82) is 0 Å². The van der Waals surface area contributed by atoms with Gasteiger partial charge in [-0.1, -0.05) is 36.8 Å². The summed E-state index contributed by atoms with van der Waals surface area (Å²) in [7, 11) is -2.64. The zero-order valence-corrected chi connectivity index (χ0v) is 13.3. The van der Waals surface area contributed by atoms with Crippen molar-refractivity contribution in [2.45, 2.75) is 31.0 Å². The molecule has 1 atom stereocenters. The van der Waals surface area contributed by atoms with Crippen LogP contribution >= 0.6 is 22.9 Å². The summed E-state index contributed by atoms with van der Waals surface area (Å²) in [6.07, 6.45) is 0. The molecule has 1 unspecified atom stereocenters. The van der Waals surface area contributed by atoms with Gasteiger partial charge in [0.2, 0.25) is 0 Å². The van der Waals surface area contributed by atoms with Crippen molar-refractivity contribution >= 4 is 38.9 Å². The molecule has 0 fully saturated rings. The topological polar surface area (TPSA) is 85.4 Å². The molecule has 1 N–H and O–H groups in total. The summed E-state index contributed by atoms with van der Waals surface area (Å²) in [5.74, 6) is -0.877. The molecule has 0 saturated carbocycles. The number of nitrogens with one attached hydrogen (secondary N) is 1. The summed E-state index contributed by atoms with van der Waals surface area (Å²) >= 11 is 6.53. The molecular weight excluding hydrogens is 312 g/mol. The molecule has 0 bridgehead atoms. The first kappa shape index (κ1) is 16.4. The van der Waals surface area contributed by atoms with Crippen molar-refractivity contribution in [3.8, 4) is 0 Å². The maximum absolute atomic E-state index is 12.2. The lowest BCUT2D eigenvalue weighted by atomic mass is 10.1. The molecule has 19 heavy (non-hydrogen) atoms. The number of sulfonamides is 1. The van der Waals surface area contributed by atoms with E-state index in [0.29, 0.717) is 5.69 Å². The van der Waals surface area contributed by atoms with Gasteiger partial charge in [-0.2, -0.15) is 4.72 Å². The van der Waals surface area contributed by atoms with Gasteiger partial charge in [-0.15, -0.1) is 0 Å². The molecule has 0 aliphatic rings. The highest BCUT2D eigenvalue weighted by Gasteiger charge is 2.31. The maximum atomic E-state index is 12.2. The Balaban J connectivity index is 3.08. The number of carbonyl (C=O) groups excluding carboxylic acids is 1. The highest BCUT2D eigenvalue weighted by molar-refractivity contribution is 7.91. The van der Waals surface area contributed by atoms with Crippen molar-refractivity contribution in [3.05, 3.63) is 10.2 Å². The summed E-state index contributed by atoms with van der Waals surface area (Å²) in [6, 6.07) is -0.949. The summed E-state index contributed by atoms with van der Waals surface area (Å²) in [5, 5.41) is 0. The summed E-state index contributed by atoms with van der Waals surface area (Å²) in [6.45, 7) is 4.98. The Kier molecular flexibility index (Phi) is 5.31. The normalized spacial score (nSPS) is 13.6. The van der Waals surface area contributed by atoms with E-state index in [1.165, 1.54) is 7.11 Å². The Morgan fingerprint density at radius 1 is 1.47 bits per heavy atom. The van der Waals surface area contributed by atoms with E-state index in [0.717, 1.165) is 11.3 Å². The molecule has 9 heteroatoms. The van der Waals surface area contributed by atoms with Crippen LogP contribution in [-0.2, 0) is 19.6 Å². The number of thiazole rings is 1. The van der Waals surface area contributed by atoms with Crippen molar-refractivity contribution in [3.63, 3.8) is 0 Å². The van der Waals surface area contributed by atoms with E-state index in [-0.39, 0.29) is 14.6 Å². The molecule has 1 aromatic rings. The molecule has 0 saturated heterocycles. The molecule has 0 aliphatic heterocycles. The van der Waals surface area contributed by atoms with E-state index in [2.05, 4.69) is 14.4 Å². The highest BCUT2D eigenvalue weighted by atomic mass is 35.5. The number of rotatable bonds is 5. The van der Waals surface area contributed by atoms with Crippen LogP contribution in [0.4, 0.5) is 0 Å². The van der Waals surface area contributed by atoms with Crippen LogP contribution in [0.1, 0.15) is 19.5 Å². The molecule has 1 rings (SSSR count). The van der Waals surface area contributed by atoms with Crippen LogP contribution in [0.3, 0.4) is 0 Å². The second kappa shape index (κ2) is 6.17. The Morgan fingerprint density at radius 2 is 2.05 bits per heavy atom. The van der Waals surface area contributed by atoms with Gasteiger partial charge in [-0.3, -0.25) is 4.79 Å². The van der Waals surface area contributed by atoms with Crippen LogP contribution < -0.4 is 4.72 Å². The number of hydrogen-bond acceptors (Lipinski definition) is 6. The van der Waals surface area contributed by atoms with Gasteiger partial charge >= 0.3 is 5.97 Å². The van der Waals surface area contributed by atoms with Crippen molar-refractivity contribution in [1.82, 2.24) is 9.71 Å².